The summed E-state index contributed by atoms with van der Waals surface area (Å²) >= 11 is 0. The van der Waals surface area contributed by atoms with Gasteiger partial charge in [-0.25, -0.2) is 9.50 Å². The largest absolute Gasteiger partial charge is 0.453 e. The molecule has 7 nitrogen and oxygen atoms in total. The van der Waals surface area contributed by atoms with E-state index in [-0.39, 0.29) is 18.1 Å². The zero-order chi connectivity index (χ0) is 24.5. The van der Waals surface area contributed by atoms with Crippen molar-refractivity contribution in [2.24, 2.45) is 0 Å². The van der Waals surface area contributed by atoms with Crippen molar-refractivity contribution in [2.45, 2.75) is 71.1 Å². The molecular weight excluding hydrogens is 445 g/mol. The third-order valence-electron chi connectivity index (χ3n) is 6.55. The lowest BCUT2D eigenvalue weighted by Gasteiger charge is -2.31. The number of carbonyl (C=O) groups is 1. The van der Waals surface area contributed by atoms with Gasteiger partial charge in [0, 0.05) is 35.2 Å². The molecule has 2 heterocycles. The van der Waals surface area contributed by atoms with Crippen molar-refractivity contribution in [3.05, 3.63) is 52.6 Å². The lowest BCUT2D eigenvalue weighted by molar-refractivity contribution is -0.144. The Balaban J connectivity index is 1.51. The van der Waals surface area contributed by atoms with Crippen LogP contribution in [0.25, 0.3) is 5.78 Å². The van der Waals surface area contributed by atoms with E-state index in [0.717, 1.165) is 22.3 Å². The number of hydrogen-bond acceptors (Lipinski definition) is 5. The van der Waals surface area contributed by atoms with Gasteiger partial charge in [-0.1, -0.05) is 37.5 Å². The highest BCUT2D eigenvalue weighted by Crippen LogP contribution is 2.28. The molecule has 0 radical (unpaired) electrons. The predicted molar refractivity (Wildman–Crippen MR) is 122 cm³/mol. The molecule has 1 aliphatic rings. The molecule has 1 saturated carbocycles. The van der Waals surface area contributed by atoms with Crippen LogP contribution < -0.4 is 5.32 Å². The van der Waals surface area contributed by atoms with Gasteiger partial charge in [-0.15, -0.1) is 5.10 Å². The summed E-state index contributed by atoms with van der Waals surface area (Å²) in [5.41, 5.74) is 3.15. The van der Waals surface area contributed by atoms with Gasteiger partial charge in [0.25, 0.3) is 11.6 Å². The lowest BCUT2D eigenvalue weighted by atomic mass is 9.94. The average Bonchev–Trinajstić information content (AvgIpc) is 3.23. The second-order valence-electron chi connectivity index (χ2n) is 9.00. The molecule has 0 atom stereocenters. The third-order valence-corrected chi connectivity index (χ3v) is 6.55. The fourth-order valence-electron chi connectivity index (χ4n) is 4.64. The molecule has 3 aromatic rings. The monoisotopic (exact) mass is 474 g/mol. The molecule has 1 aliphatic carbocycles. The first kappa shape index (κ1) is 24.1. The van der Waals surface area contributed by atoms with Crippen LogP contribution in [0.15, 0.2) is 24.3 Å². The third kappa shape index (κ3) is 5.22. The van der Waals surface area contributed by atoms with E-state index in [9.17, 15) is 18.0 Å². The number of aryl methyl sites for hydroxylation is 2. The summed E-state index contributed by atoms with van der Waals surface area (Å²) in [5, 5.41) is 6.53. The van der Waals surface area contributed by atoms with Gasteiger partial charge >= 0.3 is 6.18 Å². The summed E-state index contributed by atoms with van der Waals surface area (Å²) in [7, 11) is 2.12. The van der Waals surface area contributed by atoms with Crippen molar-refractivity contribution in [3.63, 3.8) is 0 Å². The molecule has 0 bridgehead atoms. The maximum absolute atomic E-state index is 13.0. The summed E-state index contributed by atoms with van der Waals surface area (Å²) < 4.78 is 40.1. The molecule has 0 saturated heterocycles. The zero-order valence-corrected chi connectivity index (χ0v) is 19.6. The normalized spacial score (nSPS) is 15.3. The summed E-state index contributed by atoms with van der Waals surface area (Å²) in [6, 6.07) is 8.25. The number of hydrogen-bond donors (Lipinski definition) is 1. The van der Waals surface area contributed by atoms with Crippen molar-refractivity contribution in [3.8, 4) is 0 Å². The summed E-state index contributed by atoms with van der Waals surface area (Å²) in [5.74, 6) is -1.65. The molecule has 2 aromatic heterocycles. The SMILES string of the molecule is Cc1nc2nc(C(F)(F)F)nn2c(C)c1CC(=O)Nc1ccccc1CN(C)C1CCCCC1. The van der Waals surface area contributed by atoms with Gasteiger partial charge in [0.15, 0.2) is 0 Å². The number of benzene rings is 1. The van der Waals surface area contributed by atoms with E-state index in [0.29, 0.717) is 23.0 Å². The Morgan fingerprint density at radius 1 is 1.15 bits per heavy atom. The maximum Gasteiger partial charge on any atom is 0.453 e. The number of alkyl halides is 3. The van der Waals surface area contributed by atoms with Crippen molar-refractivity contribution in [2.75, 3.05) is 12.4 Å². The Labute approximate surface area is 196 Å². The Morgan fingerprint density at radius 2 is 1.85 bits per heavy atom. The minimum absolute atomic E-state index is 0.0331. The number of nitrogens with one attached hydrogen (secondary N) is 1. The van der Waals surface area contributed by atoms with Crippen LogP contribution in [0.2, 0.25) is 0 Å². The first-order chi connectivity index (χ1) is 16.1. The molecule has 0 aliphatic heterocycles. The van der Waals surface area contributed by atoms with Crippen molar-refractivity contribution in [1.29, 1.82) is 0 Å². The Hall–Kier alpha value is -3.01. The maximum atomic E-state index is 13.0. The molecule has 1 amide bonds. The second kappa shape index (κ2) is 9.69. The predicted octanol–water partition coefficient (Wildman–Crippen LogP) is 4.71. The first-order valence-electron chi connectivity index (χ1n) is 11.5. The highest BCUT2D eigenvalue weighted by molar-refractivity contribution is 5.93. The number of anilines is 1. The van der Waals surface area contributed by atoms with E-state index < -0.39 is 12.0 Å². The minimum atomic E-state index is -4.67. The fraction of sp³-hybridized carbons (Fsp3) is 0.500. The number of aromatic nitrogens is 4. The number of halogens is 3. The van der Waals surface area contributed by atoms with E-state index in [2.05, 4.69) is 32.3 Å². The van der Waals surface area contributed by atoms with Gasteiger partial charge in [-0.3, -0.25) is 9.69 Å². The van der Waals surface area contributed by atoms with E-state index in [1.165, 1.54) is 32.1 Å². The molecular formula is C24H29F3N6O. The summed E-state index contributed by atoms with van der Waals surface area (Å²) in [6.07, 6.45) is 1.48. The van der Waals surface area contributed by atoms with Crippen molar-refractivity contribution >= 4 is 17.4 Å². The van der Waals surface area contributed by atoms with Gasteiger partial charge in [-0.2, -0.15) is 18.2 Å². The van der Waals surface area contributed by atoms with Crippen molar-refractivity contribution < 1.29 is 18.0 Å². The van der Waals surface area contributed by atoms with Crippen LogP contribution in [-0.2, 0) is 23.9 Å². The molecule has 34 heavy (non-hydrogen) atoms. The Morgan fingerprint density at radius 3 is 2.56 bits per heavy atom. The van der Waals surface area contributed by atoms with Gasteiger partial charge < -0.3 is 5.32 Å². The molecule has 0 unspecified atom stereocenters. The number of fused-ring (bicyclic) bond motifs is 1. The molecule has 182 valence electrons. The average molecular weight is 475 g/mol. The quantitative estimate of drug-likeness (QED) is 0.560. The van der Waals surface area contributed by atoms with Crippen LogP contribution in [0, 0.1) is 13.8 Å². The van der Waals surface area contributed by atoms with E-state index in [1.54, 1.807) is 13.8 Å². The van der Waals surface area contributed by atoms with Crippen LogP contribution in [0.5, 0.6) is 0 Å². The lowest BCUT2D eigenvalue weighted by Crippen LogP contribution is -2.33. The molecule has 0 spiro atoms. The number of rotatable bonds is 6. The molecule has 1 N–H and O–H groups in total. The van der Waals surface area contributed by atoms with Gasteiger partial charge in [0.1, 0.15) is 0 Å². The molecule has 10 heteroatoms. The van der Waals surface area contributed by atoms with Crippen LogP contribution in [0.1, 0.15) is 60.4 Å². The molecule has 4 rings (SSSR count). The fourth-order valence-corrected chi connectivity index (χ4v) is 4.64. The number of carbonyl (C=O) groups excluding carboxylic acids is 1. The van der Waals surface area contributed by atoms with Gasteiger partial charge in [0.2, 0.25) is 5.91 Å². The van der Waals surface area contributed by atoms with Crippen molar-refractivity contribution in [1.82, 2.24) is 24.5 Å². The van der Waals surface area contributed by atoms with E-state index >= 15 is 0 Å². The zero-order valence-electron chi connectivity index (χ0n) is 19.6. The van der Waals surface area contributed by atoms with Gasteiger partial charge in [0.05, 0.1) is 6.42 Å². The Bertz CT molecular complexity index is 1180. The first-order valence-corrected chi connectivity index (χ1v) is 11.5. The highest BCUT2D eigenvalue weighted by Gasteiger charge is 2.37. The van der Waals surface area contributed by atoms with Gasteiger partial charge in [-0.05, 0) is 45.4 Å². The highest BCUT2D eigenvalue weighted by atomic mass is 19.4. The second-order valence-corrected chi connectivity index (χ2v) is 9.00. The number of nitrogens with zero attached hydrogens (tertiary/aromatic N) is 5. The topological polar surface area (TPSA) is 75.4 Å². The van der Waals surface area contributed by atoms with Crippen LogP contribution in [0.4, 0.5) is 18.9 Å². The number of para-hydroxylation sites is 1. The van der Waals surface area contributed by atoms with Crippen LogP contribution >= 0.6 is 0 Å². The smallest absolute Gasteiger partial charge is 0.325 e. The van der Waals surface area contributed by atoms with E-state index in [4.69, 9.17) is 0 Å². The Kier molecular flexibility index (Phi) is 6.88. The van der Waals surface area contributed by atoms with E-state index in [1.807, 2.05) is 24.3 Å². The number of amides is 1. The summed E-state index contributed by atoms with van der Waals surface area (Å²) in [6.45, 7) is 4.00. The standard InChI is InChI=1S/C24H29F3N6O/c1-15-19(16(2)33-23(28-15)30-22(31-33)24(25,26)27)13-21(34)29-20-12-8-7-9-17(20)14-32(3)18-10-5-4-6-11-18/h7-9,12,18H,4-6,10-11,13-14H2,1-3H3,(H,29,34). The molecule has 1 fully saturated rings. The van der Waals surface area contributed by atoms with Crippen LogP contribution in [-0.4, -0.2) is 43.5 Å². The van der Waals surface area contributed by atoms with Crippen LogP contribution in [0.3, 0.4) is 0 Å². The summed E-state index contributed by atoms with van der Waals surface area (Å²) in [4.78, 5) is 22.9. The minimum Gasteiger partial charge on any atom is -0.325 e. The molecule has 1 aromatic carbocycles.